The van der Waals surface area contributed by atoms with Crippen LogP contribution in [-0.2, 0) is 25.5 Å². The molecule has 2 rings (SSSR count). The molecular formula is C19H25NO6. The van der Waals surface area contributed by atoms with Crippen molar-refractivity contribution in [3.8, 4) is 11.5 Å². The van der Waals surface area contributed by atoms with E-state index in [0.29, 0.717) is 30.9 Å². The normalized spacial score (nSPS) is 17.0. The summed E-state index contributed by atoms with van der Waals surface area (Å²) < 4.78 is 15.4. The van der Waals surface area contributed by atoms with Gasteiger partial charge in [-0.15, -0.1) is 0 Å². The number of ketones is 1. The van der Waals surface area contributed by atoms with Crippen molar-refractivity contribution in [2.75, 3.05) is 33.9 Å². The molecule has 0 bridgehead atoms. The van der Waals surface area contributed by atoms with Crippen LogP contribution in [0.4, 0.5) is 0 Å². The molecule has 0 aromatic heterocycles. The molecule has 1 aliphatic rings. The fourth-order valence-electron chi connectivity index (χ4n) is 2.97. The molecule has 1 saturated heterocycles. The number of hydrogen-bond acceptors (Lipinski definition) is 6. The van der Waals surface area contributed by atoms with Gasteiger partial charge in [0.05, 0.1) is 27.4 Å². The Kier molecular flexibility index (Phi) is 7.00. The van der Waals surface area contributed by atoms with Crippen LogP contribution >= 0.6 is 0 Å². The smallest absolute Gasteiger partial charge is 0.316 e. The first-order chi connectivity index (χ1) is 12.5. The van der Waals surface area contributed by atoms with Crippen LogP contribution in [0.2, 0.25) is 0 Å². The van der Waals surface area contributed by atoms with Crippen LogP contribution in [0.5, 0.6) is 11.5 Å². The zero-order valence-electron chi connectivity index (χ0n) is 15.4. The Morgan fingerprint density at radius 1 is 1.19 bits per heavy atom. The third kappa shape index (κ3) is 4.74. The molecule has 7 heteroatoms. The number of benzene rings is 1. The Labute approximate surface area is 153 Å². The minimum absolute atomic E-state index is 0.0335. The van der Waals surface area contributed by atoms with Crippen LogP contribution in [0, 0.1) is 5.92 Å². The molecule has 0 radical (unpaired) electrons. The summed E-state index contributed by atoms with van der Waals surface area (Å²) in [5, 5.41) is 0. The zero-order valence-corrected chi connectivity index (χ0v) is 15.4. The fourth-order valence-corrected chi connectivity index (χ4v) is 2.97. The summed E-state index contributed by atoms with van der Waals surface area (Å²) >= 11 is 0. The number of methoxy groups -OCH3 is 2. The van der Waals surface area contributed by atoms with Crippen LogP contribution in [0.15, 0.2) is 18.2 Å². The highest BCUT2D eigenvalue weighted by Gasteiger charge is 2.34. The zero-order chi connectivity index (χ0) is 19.1. The van der Waals surface area contributed by atoms with Crippen molar-refractivity contribution in [3.63, 3.8) is 0 Å². The van der Waals surface area contributed by atoms with Crippen LogP contribution < -0.4 is 9.47 Å². The lowest BCUT2D eigenvalue weighted by molar-refractivity contribution is -0.156. The van der Waals surface area contributed by atoms with E-state index in [1.165, 1.54) is 4.90 Å². The highest BCUT2D eigenvalue weighted by Crippen LogP contribution is 2.28. The average Bonchev–Trinajstić information content (AvgIpc) is 2.65. The van der Waals surface area contributed by atoms with Gasteiger partial charge in [-0.3, -0.25) is 14.4 Å². The molecule has 1 aliphatic heterocycles. The number of Topliss-reactive ketones (excluding diaryl/α,β-unsaturated/α-hetero) is 1. The minimum atomic E-state index is -0.746. The number of esters is 1. The van der Waals surface area contributed by atoms with Crippen molar-refractivity contribution in [2.45, 2.75) is 26.2 Å². The number of amides is 1. The summed E-state index contributed by atoms with van der Waals surface area (Å²) in [6.07, 6.45) is 1.14. The molecule has 1 fully saturated rings. The maximum Gasteiger partial charge on any atom is 0.316 e. The number of likely N-dealkylation sites (tertiary alicyclic amines) is 1. The lowest BCUT2D eigenvalue weighted by Gasteiger charge is -2.29. The van der Waals surface area contributed by atoms with E-state index in [4.69, 9.17) is 14.2 Å². The van der Waals surface area contributed by atoms with Gasteiger partial charge in [0.1, 0.15) is 5.92 Å². The van der Waals surface area contributed by atoms with E-state index in [1.54, 1.807) is 27.2 Å². The Morgan fingerprint density at radius 2 is 1.92 bits per heavy atom. The first kappa shape index (κ1) is 19.8. The number of aryl methyl sites for hydroxylation is 1. The van der Waals surface area contributed by atoms with Gasteiger partial charge in [0.2, 0.25) is 5.91 Å². The quantitative estimate of drug-likeness (QED) is 0.541. The topological polar surface area (TPSA) is 82.1 Å². The van der Waals surface area contributed by atoms with Gasteiger partial charge in [-0.05, 0) is 37.5 Å². The molecule has 26 heavy (non-hydrogen) atoms. The highest BCUT2D eigenvalue weighted by atomic mass is 16.5. The third-order valence-corrected chi connectivity index (χ3v) is 4.42. The van der Waals surface area contributed by atoms with Crippen LogP contribution in [-0.4, -0.2) is 56.5 Å². The lowest BCUT2D eigenvalue weighted by Crippen LogP contribution is -2.46. The minimum Gasteiger partial charge on any atom is -0.493 e. The Balaban J connectivity index is 1.89. The molecule has 0 spiro atoms. The van der Waals surface area contributed by atoms with E-state index in [0.717, 1.165) is 5.56 Å². The molecule has 0 saturated carbocycles. The van der Waals surface area contributed by atoms with Gasteiger partial charge in [-0.1, -0.05) is 6.07 Å². The number of piperidine rings is 1. The van der Waals surface area contributed by atoms with E-state index < -0.39 is 11.9 Å². The summed E-state index contributed by atoms with van der Waals surface area (Å²) in [4.78, 5) is 37.8. The molecule has 1 aromatic carbocycles. The summed E-state index contributed by atoms with van der Waals surface area (Å²) in [6.45, 7) is 2.31. The SMILES string of the molecule is CCOC(=O)C1CCN(C(=O)CCc2ccc(OC)c(OC)c2)CC1=O. The predicted octanol–water partition coefficient (Wildman–Crippen LogP) is 1.62. The maximum atomic E-state index is 12.4. The van der Waals surface area contributed by atoms with E-state index >= 15 is 0 Å². The van der Waals surface area contributed by atoms with Crippen LogP contribution in [0.1, 0.15) is 25.3 Å². The van der Waals surface area contributed by atoms with Gasteiger partial charge in [0.15, 0.2) is 17.3 Å². The molecule has 1 aromatic rings. The van der Waals surface area contributed by atoms with Crippen molar-refractivity contribution in [1.82, 2.24) is 4.90 Å². The van der Waals surface area contributed by atoms with E-state index in [2.05, 4.69) is 0 Å². The number of ether oxygens (including phenoxy) is 3. The number of nitrogens with zero attached hydrogens (tertiary/aromatic N) is 1. The summed E-state index contributed by atoms with van der Waals surface area (Å²) in [5.41, 5.74) is 0.948. The van der Waals surface area contributed by atoms with Crippen molar-refractivity contribution in [1.29, 1.82) is 0 Å². The molecule has 7 nitrogen and oxygen atoms in total. The van der Waals surface area contributed by atoms with E-state index in [1.807, 2.05) is 12.1 Å². The van der Waals surface area contributed by atoms with Gasteiger partial charge in [-0.25, -0.2) is 0 Å². The van der Waals surface area contributed by atoms with Gasteiger partial charge in [-0.2, -0.15) is 0 Å². The second-order valence-electron chi connectivity index (χ2n) is 6.06. The van der Waals surface area contributed by atoms with Crippen molar-refractivity contribution in [2.24, 2.45) is 5.92 Å². The second kappa shape index (κ2) is 9.22. The Bertz CT molecular complexity index is 672. The molecule has 1 unspecified atom stereocenters. The van der Waals surface area contributed by atoms with Crippen LogP contribution in [0.25, 0.3) is 0 Å². The molecule has 1 atom stereocenters. The standard InChI is InChI=1S/C19H25NO6/c1-4-26-19(23)14-9-10-20(12-15(14)21)18(22)8-6-13-5-7-16(24-2)17(11-13)25-3/h5,7,11,14H,4,6,8-10,12H2,1-3H3. The van der Waals surface area contributed by atoms with Gasteiger partial charge >= 0.3 is 5.97 Å². The monoisotopic (exact) mass is 363 g/mol. The molecule has 0 aliphatic carbocycles. The highest BCUT2D eigenvalue weighted by molar-refractivity contribution is 6.01. The molecule has 142 valence electrons. The van der Waals surface area contributed by atoms with Gasteiger partial charge in [0.25, 0.3) is 0 Å². The van der Waals surface area contributed by atoms with Gasteiger partial charge < -0.3 is 19.1 Å². The lowest BCUT2D eigenvalue weighted by atomic mass is 9.95. The molecule has 0 N–H and O–H groups in total. The van der Waals surface area contributed by atoms with Crippen LogP contribution in [0.3, 0.4) is 0 Å². The summed E-state index contributed by atoms with van der Waals surface area (Å²) in [7, 11) is 3.13. The maximum absolute atomic E-state index is 12.4. The van der Waals surface area contributed by atoms with Gasteiger partial charge in [0, 0.05) is 13.0 Å². The fraction of sp³-hybridized carbons (Fsp3) is 0.526. The number of carbonyl (C=O) groups is 3. The third-order valence-electron chi connectivity index (χ3n) is 4.42. The summed E-state index contributed by atoms with van der Waals surface area (Å²) in [6, 6.07) is 5.52. The molecule has 1 amide bonds. The molecule has 1 heterocycles. The predicted molar refractivity (Wildman–Crippen MR) is 94.2 cm³/mol. The van der Waals surface area contributed by atoms with E-state index in [9.17, 15) is 14.4 Å². The number of hydrogen-bond donors (Lipinski definition) is 0. The molecular weight excluding hydrogens is 338 g/mol. The average molecular weight is 363 g/mol. The summed E-state index contributed by atoms with van der Waals surface area (Å²) in [5.74, 6) is -0.346. The largest absolute Gasteiger partial charge is 0.493 e. The first-order valence-corrected chi connectivity index (χ1v) is 8.68. The van der Waals surface area contributed by atoms with Crippen molar-refractivity contribution >= 4 is 17.7 Å². The Hall–Kier alpha value is -2.57. The van der Waals surface area contributed by atoms with Crippen molar-refractivity contribution in [3.05, 3.63) is 23.8 Å². The second-order valence-corrected chi connectivity index (χ2v) is 6.06. The van der Waals surface area contributed by atoms with Crippen molar-refractivity contribution < 1.29 is 28.6 Å². The first-order valence-electron chi connectivity index (χ1n) is 8.68. The number of rotatable bonds is 7. The van der Waals surface area contributed by atoms with E-state index in [-0.39, 0.29) is 31.3 Å². The Morgan fingerprint density at radius 3 is 2.54 bits per heavy atom. The number of carbonyl (C=O) groups excluding carboxylic acids is 3.